The van der Waals surface area contributed by atoms with Crippen LogP contribution in [0.5, 0.6) is 0 Å². The summed E-state index contributed by atoms with van der Waals surface area (Å²) in [5, 5.41) is 4.97. The van der Waals surface area contributed by atoms with Gasteiger partial charge in [-0.2, -0.15) is 4.31 Å². The summed E-state index contributed by atoms with van der Waals surface area (Å²) in [7, 11) is -3.67. The molecule has 1 aromatic rings. The van der Waals surface area contributed by atoms with Crippen LogP contribution < -0.4 is 15.5 Å². The van der Waals surface area contributed by atoms with Crippen molar-refractivity contribution in [2.75, 3.05) is 32.7 Å². The molecule has 1 aliphatic heterocycles. The van der Waals surface area contributed by atoms with Crippen molar-refractivity contribution in [1.29, 1.82) is 0 Å². The molecule has 1 saturated heterocycles. The van der Waals surface area contributed by atoms with Crippen molar-refractivity contribution in [3.05, 3.63) is 30.1 Å². The van der Waals surface area contributed by atoms with E-state index in [1.54, 1.807) is 0 Å². The molecule has 8 nitrogen and oxygen atoms in total. The van der Waals surface area contributed by atoms with Crippen molar-refractivity contribution >= 4 is 22.0 Å². The SMILES string of the molecule is O=C(C[NH+]1CCN(S(=O)(=O)c2ccc(F)cc2)CC1)NC(=O)NC1CC1. The highest BCUT2D eigenvalue weighted by molar-refractivity contribution is 7.89. The number of sulfonamides is 1. The monoisotopic (exact) mass is 385 g/mol. The van der Waals surface area contributed by atoms with Crippen LogP contribution in [0.1, 0.15) is 12.8 Å². The molecule has 1 heterocycles. The smallest absolute Gasteiger partial charge is 0.321 e. The van der Waals surface area contributed by atoms with Crippen molar-refractivity contribution in [2.24, 2.45) is 0 Å². The first-order valence-electron chi connectivity index (χ1n) is 8.54. The Hall–Kier alpha value is -2.04. The number of hydrogen-bond acceptors (Lipinski definition) is 4. The van der Waals surface area contributed by atoms with Crippen molar-refractivity contribution < 1.29 is 27.3 Å². The molecule has 1 saturated carbocycles. The predicted molar refractivity (Wildman–Crippen MR) is 90.4 cm³/mol. The van der Waals surface area contributed by atoms with Crippen molar-refractivity contribution in [3.8, 4) is 0 Å². The maximum absolute atomic E-state index is 13.0. The minimum Gasteiger partial charge on any atom is -0.335 e. The third-order valence-electron chi connectivity index (χ3n) is 4.46. The largest absolute Gasteiger partial charge is 0.335 e. The number of carbonyl (C=O) groups excluding carboxylic acids is 2. The van der Waals surface area contributed by atoms with Gasteiger partial charge in [0.05, 0.1) is 31.1 Å². The summed E-state index contributed by atoms with van der Waals surface area (Å²) in [5.74, 6) is -0.872. The predicted octanol–water partition coefficient (Wildman–Crippen LogP) is -1.30. The van der Waals surface area contributed by atoms with E-state index in [-0.39, 0.29) is 36.5 Å². The van der Waals surface area contributed by atoms with Gasteiger partial charge < -0.3 is 10.2 Å². The van der Waals surface area contributed by atoms with Gasteiger partial charge in [-0.15, -0.1) is 0 Å². The Morgan fingerprint density at radius 2 is 1.77 bits per heavy atom. The van der Waals surface area contributed by atoms with Gasteiger partial charge in [-0.05, 0) is 37.1 Å². The van der Waals surface area contributed by atoms with E-state index in [1.165, 1.54) is 16.4 Å². The van der Waals surface area contributed by atoms with Crippen LogP contribution in [0.25, 0.3) is 0 Å². The van der Waals surface area contributed by atoms with Gasteiger partial charge in [0.25, 0.3) is 5.91 Å². The van der Waals surface area contributed by atoms with E-state index >= 15 is 0 Å². The first-order chi connectivity index (χ1) is 12.3. The van der Waals surface area contributed by atoms with E-state index in [9.17, 15) is 22.4 Å². The molecule has 3 N–H and O–H groups in total. The lowest BCUT2D eigenvalue weighted by molar-refractivity contribution is -0.895. The minimum atomic E-state index is -3.67. The number of nitrogens with zero attached hydrogens (tertiary/aromatic N) is 1. The van der Waals surface area contributed by atoms with E-state index in [1.807, 2.05) is 0 Å². The average Bonchev–Trinajstić information content (AvgIpc) is 3.39. The lowest BCUT2D eigenvalue weighted by Gasteiger charge is -2.31. The van der Waals surface area contributed by atoms with E-state index in [0.717, 1.165) is 29.9 Å². The van der Waals surface area contributed by atoms with Gasteiger partial charge in [-0.3, -0.25) is 10.1 Å². The number of hydrogen-bond donors (Lipinski definition) is 3. The van der Waals surface area contributed by atoms with Crippen LogP contribution >= 0.6 is 0 Å². The first-order valence-corrected chi connectivity index (χ1v) is 9.98. The van der Waals surface area contributed by atoms with Gasteiger partial charge in [0, 0.05) is 6.04 Å². The van der Waals surface area contributed by atoms with Gasteiger partial charge in [-0.25, -0.2) is 17.6 Å². The molecule has 0 radical (unpaired) electrons. The number of nitrogens with one attached hydrogen (secondary N) is 3. The molecule has 0 unspecified atom stereocenters. The first kappa shape index (κ1) is 18.7. The second-order valence-corrected chi connectivity index (χ2v) is 8.52. The standard InChI is InChI=1S/C16H21FN4O4S/c17-12-1-5-14(6-2-12)26(24,25)21-9-7-20(8-10-21)11-15(22)19-16(23)18-13-3-4-13/h1-2,5-6,13H,3-4,7-11H2,(H2,18,19,22,23)/p+1. The third kappa shape index (κ3) is 4.77. The normalized spacial score (nSPS) is 19.1. The number of imide groups is 1. The summed E-state index contributed by atoms with van der Waals surface area (Å²) in [4.78, 5) is 24.4. The number of amides is 3. The number of carbonyl (C=O) groups is 2. The number of halogens is 1. The minimum absolute atomic E-state index is 0.0526. The Balaban J connectivity index is 1.48. The van der Waals surface area contributed by atoms with Crippen molar-refractivity contribution in [3.63, 3.8) is 0 Å². The molecule has 3 rings (SSSR count). The molecular weight excluding hydrogens is 363 g/mol. The summed E-state index contributed by atoms with van der Waals surface area (Å²) in [6.07, 6.45) is 1.88. The summed E-state index contributed by atoms with van der Waals surface area (Å²) < 4.78 is 39.4. The van der Waals surface area contributed by atoms with Crippen LogP contribution in [0.4, 0.5) is 9.18 Å². The van der Waals surface area contributed by atoms with Gasteiger partial charge in [0.1, 0.15) is 5.82 Å². The topological polar surface area (TPSA) is 100 Å². The summed E-state index contributed by atoms with van der Waals surface area (Å²) in [6, 6.07) is 4.42. The van der Waals surface area contributed by atoms with E-state index in [0.29, 0.717) is 13.1 Å². The molecule has 2 aliphatic rings. The van der Waals surface area contributed by atoms with E-state index < -0.39 is 21.9 Å². The zero-order valence-electron chi connectivity index (χ0n) is 14.2. The van der Waals surface area contributed by atoms with Crippen LogP contribution in [0.15, 0.2) is 29.2 Å². The van der Waals surface area contributed by atoms with Gasteiger partial charge in [0.15, 0.2) is 6.54 Å². The Labute approximate surface area is 151 Å². The number of urea groups is 1. The highest BCUT2D eigenvalue weighted by atomic mass is 32.2. The van der Waals surface area contributed by atoms with Gasteiger partial charge in [0.2, 0.25) is 10.0 Å². The summed E-state index contributed by atoms with van der Waals surface area (Å²) in [6.45, 7) is 1.55. The van der Waals surface area contributed by atoms with Crippen molar-refractivity contribution in [1.82, 2.24) is 14.9 Å². The molecule has 0 spiro atoms. The highest BCUT2D eigenvalue weighted by Gasteiger charge is 2.31. The number of benzene rings is 1. The maximum Gasteiger partial charge on any atom is 0.321 e. The quantitative estimate of drug-likeness (QED) is 0.587. The molecular formula is C16H22FN4O4S+. The lowest BCUT2D eigenvalue weighted by atomic mass is 10.3. The van der Waals surface area contributed by atoms with Crippen LogP contribution in [0.2, 0.25) is 0 Å². The average molecular weight is 385 g/mol. The second-order valence-electron chi connectivity index (χ2n) is 6.58. The molecule has 1 aromatic carbocycles. The molecule has 26 heavy (non-hydrogen) atoms. The summed E-state index contributed by atoms with van der Waals surface area (Å²) in [5.41, 5.74) is 0. The molecule has 2 fully saturated rings. The fourth-order valence-electron chi connectivity index (χ4n) is 2.82. The molecule has 0 aromatic heterocycles. The number of quaternary nitrogens is 1. The zero-order valence-corrected chi connectivity index (χ0v) is 15.0. The molecule has 10 heteroatoms. The van der Waals surface area contributed by atoms with Crippen LogP contribution in [0, 0.1) is 5.82 Å². The third-order valence-corrected chi connectivity index (χ3v) is 6.37. The van der Waals surface area contributed by atoms with Gasteiger partial charge in [-0.1, -0.05) is 0 Å². The fourth-order valence-corrected chi connectivity index (χ4v) is 4.26. The Morgan fingerprint density at radius 3 is 2.35 bits per heavy atom. The Bertz CT molecular complexity index is 772. The van der Waals surface area contributed by atoms with Gasteiger partial charge >= 0.3 is 6.03 Å². The molecule has 0 atom stereocenters. The van der Waals surface area contributed by atoms with Crippen LogP contribution in [0.3, 0.4) is 0 Å². The van der Waals surface area contributed by atoms with E-state index in [2.05, 4.69) is 10.6 Å². The maximum atomic E-state index is 13.0. The molecule has 142 valence electrons. The number of piperazine rings is 1. The molecule has 0 bridgehead atoms. The lowest BCUT2D eigenvalue weighted by Crippen LogP contribution is -3.15. The highest BCUT2D eigenvalue weighted by Crippen LogP contribution is 2.18. The second kappa shape index (κ2) is 7.68. The molecule has 1 aliphatic carbocycles. The van der Waals surface area contributed by atoms with E-state index in [4.69, 9.17) is 0 Å². The number of rotatable bonds is 5. The summed E-state index contributed by atoms with van der Waals surface area (Å²) >= 11 is 0. The van der Waals surface area contributed by atoms with Crippen LogP contribution in [-0.4, -0.2) is 63.4 Å². The zero-order chi connectivity index (χ0) is 18.7. The molecule has 3 amide bonds. The van der Waals surface area contributed by atoms with Crippen LogP contribution in [-0.2, 0) is 14.8 Å². The Morgan fingerprint density at radius 1 is 1.15 bits per heavy atom. The fraction of sp³-hybridized carbons (Fsp3) is 0.500. The Kier molecular flexibility index (Phi) is 5.54. The van der Waals surface area contributed by atoms with Crippen molar-refractivity contribution in [2.45, 2.75) is 23.8 Å².